The van der Waals surface area contributed by atoms with Crippen molar-refractivity contribution in [2.45, 2.75) is 51.7 Å². The fraction of sp³-hybridized carbons (Fsp3) is 0.543. The standard InChI is InChI=1S/C35H48FN4O6P/c1-3-43-24-45-21-25(2)39-47(46-28-9-5-4-6-10-28)18-8-16-37-23-44-22-31-29-11-7-17-38-33(29)34(41)32-30(31)20-40(35(32)42)19-26-12-14-27(36)15-13-26/h4-5,7,9,11-14,17,25,27,30,32,37,39,41H,3,6,8,10,15-16,18-24H2,1-2H3/t25-,27?,30?,32?,47?/m0/s1. The van der Waals surface area contributed by atoms with Crippen molar-refractivity contribution in [1.29, 1.82) is 0 Å². The summed E-state index contributed by atoms with van der Waals surface area (Å²) < 4.78 is 37.0. The van der Waals surface area contributed by atoms with Gasteiger partial charge in [-0.15, -0.1) is 0 Å². The topological polar surface area (TPSA) is 114 Å². The molecule has 1 amide bonds. The minimum Gasteiger partial charge on any atom is -0.509 e. The Morgan fingerprint density at radius 1 is 1.28 bits per heavy atom. The van der Waals surface area contributed by atoms with Gasteiger partial charge in [0, 0.05) is 62.1 Å². The largest absolute Gasteiger partial charge is 0.509 e. The maximum Gasteiger partial charge on any atom is 0.234 e. The number of aliphatic hydroxyl groups excluding tert-OH is 1. The maximum absolute atomic E-state index is 13.6. The van der Waals surface area contributed by atoms with Gasteiger partial charge in [-0.2, -0.15) is 0 Å². The Labute approximate surface area is 278 Å². The SMILES string of the molecule is CCOCOC[C@H](C)NP(CCCNCOCC1=c2cccnc2=C(O)C2C(=O)N(CC3=CCC(F)C=C3)CC12)OC1=CC=CCC1. The van der Waals surface area contributed by atoms with Crippen molar-refractivity contribution in [2.24, 2.45) is 11.8 Å². The lowest BCUT2D eigenvalue weighted by Crippen LogP contribution is -2.43. The summed E-state index contributed by atoms with van der Waals surface area (Å²) in [5.74, 6) is -0.0378. The number of allylic oxidation sites excluding steroid dienone is 6. The van der Waals surface area contributed by atoms with Crippen LogP contribution in [0.1, 0.15) is 39.5 Å². The first-order valence-electron chi connectivity index (χ1n) is 16.6. The third kappa shape index (κ3) is 9.81. The predicted octanol–water partition coefficient (Wildman–Crippen LogP) is 3.72. The molecular formula is C35H48FN4O6P. The number of nitrogens with zero attached hydrogens (tertiary/aromatic N) is 2. The number of carbonyl (C=O) groups is 1. The summed E-state index contributed by atoms with van der Waals surface area (Å²) in [6, 6.07) is 3.89. The smallest absolute Gasteiger partial charge is 0.234 e. The van der Waals surface area contributed by atoms with Crippen molar-refractivity contribution >= 4 is 25.5 Å². The van der Waals surface area contributed by atoms with Gasteiger partial charge in [0.15, 0.2) is 8.30 Å². The lowest BCUT2D eigenvalue weighted by atomic mass is 9.82. The van der Waals surface area contributed by atoms with E-state index in [1.54, 1.807) is 17.2 Å². The van der Waals surface area contributed by atoms with Gasteiger partial charge in [0.05, 0.1) is 19.9 Å². The highest BCUT2D eigenvalue weighted by molar-refractivity contribution is 7.50. The molecule has 12 heteroatoms. The summed E-state index contributed by atoms with van der Waals surface area (Å²) >= 11 is 0. The molecule has 0 bridgehead atoms. The molecule has 5 atom stereocenters. The molecule has 0 radical (unpaired) electrons. The first-order chi connectivity index (χ1) is 22.9. The van der Waals surface area contributed by atoms with Crippen molar-refractivity contribution in [1.82, 2.24) is 20.3 Å². The molecule has 0 aromatic carbocycles. The van der Waals surface area contributed by atoms with Crippen LogP contribution in [0.3, 0.4) is 0 Å². The van der Waals surface area contributed by atoms with E-state index >= 15 is 0 Å². The Balaban J connectivity index is 1.12. The van der Waals surface area contributed by atoms with Crippen LogP contribution in [-0.2, 0) is 23.5 Å². The van der Waals surface area contributed by atoms with Crippen molar-refractivity contribution in [3.8, 4) is 0 Å². The molecule has 1 aromatic heterocycles. The maximum atomic E-state index is 13.6. The lowest BCUT2D eigenvalue weighted by molar-refractivity contribution is -0.129. The highest BCUT2D eigenvalue weighted by atomic mass is 31.2. The average Bonchev–Trinajstić information content (AvgIpc) is 3.40. The van der Waals surface area contributed by atoms with E-state index in [0.29, 0.717) is 51.4 Å². The molecule has 47 heavy (non-hydrogen) atoms. The van der Waals surface area contributed by atoms with Crippen LogP contribution in [0, 0.1) is 11.8 Å². The number of amides is 1. The first kappa shape index (κ1) is 35.4. The quantitative estimate of drug-likeness (QED) is 0.115. The third-order valence-electron chi connectivity index (χ3n) is 8.52. The van der Waals surface area contributed by atoms with Crippen molar-refractivity contribution in [3.05, 3.63) is 76.7 Å². The number of halogens is 1. The molecule has 1 aliphatic heterocycles. The van der Waals surface area contributed by atoms with Gasteiger partial charge in [-0.3, -0.25) is 20.2 Å². The summed E-state index contributed by atoms with van der Waals surface area (Å²) in [5.41, 5.74) is 1.87. The molecule has 2 heterocycles. The van der Waals surface area contributed by atoms with Gasteiger partial charge in [0.1, 0.15) is 35.7 Å². The van der Waals surface area contributed by atoms with Gasteiger partial charge in [0.25, 0.3) is 0 Å². The predicted molar refractivity (Wildman–Crippen MR) is 181 cm³/mol. The number of ether oxygens (including phenoxy) is 3. The van der Waals surface area contributed by atoms with Crippen LogP contribution in [0.4, 0.5) is 4.39 Å². The number of aliphatic hydroxyl groups is 1. The molecular weight excluding hydrogens is 622 g/mol. The van der Waals surface area contributed by atoms with Crippen LogP contribution in [-0.4, -0.2) is 92.3 Å². The number of nitrogens with one attached hydrogen (secondary N) is 2. The molecule has 5 rings (SSSR count). The van der Waals surface area contributed by atoms with Crippen LogP contribution in [0.15, 0.2) is 66.1 Å². The zero-order valence-electron chi connectivity index (χ0n) is 27.4. The normalized spacial score (nSPS) is 23.3. The number of aromatic nitrogens is 1. The number of hydrogen-bond donors (Lipinski definition) is 3. The van der Waals surface area contributed by atoms with E-state index < -0.39 is 20.4 Å². The molecule has 3 aliphatic carbocycles. The molecule has 256 valence electrons. The second-order valence-electron chi connectivity index (χ2n) is 12.2. The summed E-state index contributed by atoms with van der Waals surface area (Å²) in [4.78, 5) is 19.7. The fourth-order valence-electron chi connectivity index (χ4n) is 6.18. The van der Waals surface area contributed by atoms with Gasteiger partial charge >= 0.3 is 0 Å². The van der Waals surface area contributed by atoms with E-state index in [4.69, 9.17) is 18.7 Å². The van der Waals surface area contributed by atoms with Crippen molar-refractivity contribution < 1.29 is 33.0 Å². The van der Waals surface area contributed by atoms with Gasteiger partial charge in [-0.1, -0.05) is 36.4 Å². The number of carbonyl (C=O) groups excluding carboxylic acids is 1. The molecule has 0 spiro atoms. The second kappa shape index (κ2) is 18.0. The number of hydrogen-bond acceptors (Lipinski definition) is 9. The molecule has 0 saturated carbocycles. The minimum absolute atomic E-state index is 0.0134. The van der Waals surface area contributed by atoms with Gasteiger partial charge in [0.2, 0.25) is 5.91 Å². The minimum atomic E-state index is -0.983. The van der Waals surface area contributed by atoms with Crippen LogP contribution in [0.25, 0.3) is 11.3 Å². The number of alkyl halides is 1. The van der Waals surface area contributed by atoms with E-state index in [2.05, 4.69) is 28.4 Å². The zero-order valence-corrected chi connectivity index (χ0v) is 28.3. The Morgan fingerprint density at radius 2 is 2.17 bits per heavy atom. The number of fused-ring (bicyclic) bond motifs is 2. The monoisotopic (exact) mass is 670 g/mol. The molecule has 10 nitrogen and oxygen atoms in total. The van der Waals surface area contributed by atoms with Gasteiger partial charge in [-0.05, 0) is 56.5 Å². The Kier molecular flexibility index (Phi) is 13.6. The van der Waals surface area contributed by atoms with E-state index in [1.165, 1.54) is 6.08 Å². The summed E-state index contributed by atoms with van der Waals surface area (Å²) in [6.45, 7) is 7.73. The van der Waals surface area contributed by atoms with E-state index in [0.717, 1.165) is 54.1 Å². The second-order valence-corrected chi connectivity index (χ2v) is 13.8. The van der Waals surface area contributed by atoms with Crippen molar-refractivity contribution in [3.63, 3.8) is 0 Å². The van der Waals surface area contributed by atoms with E-state index in [9.17, 15) is 14.3 Å². The number of pyridine rings is 1. The Bertz CT molecular complexity index is 1470. The Morgan fingerprint density at radius 3 is 2.96 bits per heavy atom. The molecule has 4 aliphatic rings. The van der Waals surface area contributed by atoms with Crippen LogP contribution in [0.5, 0.6) is 0 Å². The van der Waals surface area contributed by atoms with Crippen molar-refractivity contribution in [2.75, 3.05) is 59.1 Å². The molecule has 4 unspecified atom stereocenters. The van der Waals surface area contributed by atoms with Crippen LogP contribution in [0.2, 0.25) is 0 Å². The highest BCUT2D eigenvalue weighted by Gasteiger charge is 2.47. The fourth-order valence-corrected chi connectivity index (χ4v) is 7.90. The summed E-state index contributed by atoms with van der Waals surface area (Å²) in [6.07, 6.45) is 16.0. The third-order valence-corrected chi connectivity index (χ3v) is 10.4. The van der Waals surface area contributed by atoms with Crippen LogP contribution >= 0.6 is 8.30 Å². The van der Waals surface area contributed by atoms with E-state index in [1.807, 2.05) is 37.3 Å². The zero-order chi connectivity index (χ0) is 33.0. The van der Waals surface area contributed by atoms with Gasteiger partial charge in [-0.25, -0.2) is 4.39 Å². The number of likely N-dealkylation sites (tertiary alicyclic amines) is 1. The summed E-state index contributed by atoms with van der Waals surface area (Å²) in [7, 11) is -0.894. The summed E-state index contributed by atoms with van der Waals surface area (Å²) in [5, 5.41) is 19.4. The molecule has 1 fully saturated rings. The molecule has 3 N–H and O–H groups in total. The first-order valence-corrected chi connectivity index (χ1v) is 18.1. The van der Waals surface area contributed by atoms with Crippen LogP contribution < -0.4 is 21.0 Å². The Hall–Kier alpha value is -2.92. The lowest BCUT2D eigenvalue weighted by Gasteiger charge is -2.25. The highest BCUT2D eigenvalue weighted by Crippen LogP contribution is 2.39. The molecule has 1 aromatic rings. The average molecular weight is 671 g/mol. The number of rotatable bonds is 19. The van der Waals surface area contributed by atoms with E-state index in [-0.39, 0.29) is 30.4 Å². The van der Waals surface area contributed by atoms with Gasteiger partial charge < -0.3 is 28.7 Å². The molecule has 1 saturated heterocycles.